The van der Waals surface area contributed by atoms with Crippen molar-refractivity contribution in [2.75, 3.05) is 0 Å². The molecular weight excluding hydrogens is 298 g/mol. The number of carbonyl (C=O) groups excluding carboxylic acids is 3. The Labute approximate surface area is 136 Å². The summed E-state index contributed by atoms with van der Waals surface area (Å²) in [5.74, 6) is -0.479. The lowest BCUT2D eigenvalue weighted by Gasteiger charge is -2.22. The Morgan fingerprint density at radius 2 is 1.87 bits per heavy atom. The van der Waals surface area contributed by atoms with Crippen molar-refractivity contribution in [3.8, 4) is 0 Å². The Balaban J connectivity index is 2.46. The van der Waals surface area contributed by atoms with Crippen molar-refractivity contribution in [2.45, 2.75) is 51.9 Å². The summed E-state index contributed by atoms with van der Waals surface area (Å²) in [4.78, 5) is 34.2. The average molecular weight is 321 g/mol. The van der Waals surface area contributed by atoms with Gasteiger partial charge in [0.15, 0.2) is 0 Å². The molecule has 0 spiro atoms. The lowest BCUT2D eigenvalue weighted by atomic mass is 10.1. The molecule has 0 unspecified atom stereocenters. The second-order valence-corrected chi connectivity index (χ2v) is 6.10. The Kier molecular flexibility index (Phi) is 7.25. The van der Waals surface area contributed by atoms with E-state index in [1.54, 1.807) is 20.8 Å². The fourth-order valence-corrected chi connectivity index (χ4v) is 1.83. The number of esters is 1. The largest absolute Gasteiger partial charge is 0.460 e. The smallest absolute Gasteiger partial charge is 0.407 e. The zero-order chi connectivity index (χ0) is 17.3. The zero-order valence-electron chi connectivity index (χ0n) is 13.7. The second kappa shape index (κ2) is 8.92. The molecule has 0 saturated heterocycles. The van der Waals surface area contributed by atoms with E-state index in [1.165, 1.54) is 0 Å². The van der Waals surface area contributed by atoms with Crippen LogP contribution >= 0.6 is 0 Å². The first-order chi connectivity index (χ1) is 10.8. The van der Waals surface area contributed by atoms with E-state index in [-0.39, 0.29) is 19.4 Å². The molecule has 1 amide bonds. The molecule has 126 valence electrons. The molecule has 0 fully saturated rings. The maximum Gasteiger partial charge on any atom is 0.407 e. The van der Waals surface area contributed by atoms with Gasteiger partial charge in [0.25, 0.3) is 0 Å². The van der Waals surface area contributed by atoms with Gasteiger partial charge in [0.2, 0.25) is 0 Å². The number of aldehydes is 1. The Hall–Kier alpha value is -2.37. The van der Waals surface area contributed by atoms with E-state index in [1.807, 2.05) is 30.3 Å². The van der Waals surface area contributed by atoms with E-state index in [9.17, 15) is 14.4 Å². The number of ether oxygens (including phenoxy) is 2. The van der Waals surface area contributed by atoms with Crippen LogP contribution in [0.1, 0.15) is 39.2 Å². The summed E-state index contributed by atoms with van der Waals surface area (Å²) in [5, 5.41) is 2.51. The third-order valence-corrected chi connectivity index (χ3v) is 2.75. The number of alkyl carbamates (subject to hydrolysis) is 1. The van der Waals surface area contributed by atoms with Crippen LogP contribution in [0.2, 0.25) is 0 Å². The van der Waals surface area contributed by atoms with Gasteiger partial charge in [-0.2, -0.15) is 0 Å². The summed E-state index contributed by atoms with van der Waals surface area (Å²) < 4.78 is 10.2. The van der Waals surface area contributed by atoms with E-state index < -0.39 is 23.7 Å². The van der Waals surface area contributed by atoms with Crippen LogP contribution in [0.15, 0.2) is 30.3 Å². The van der Waals surface area contributed by atoms with Crippen molar-refractivity contribution >= 4 is 18.3 Å². The van der Waals surface area contributed by atoms with Crippen molar-refractivity contribution in [3.63, 3.8) is 0 Å². The van der Waals surface area contributed by atoms with E-state index >= 15 is 0 Å². The second-order valence-electron chi connectivity index (χ2n) is 6.10. The van der Waals surface area contributed by atoms with Crippen LogP contribution in [-0.4, -0.2) is 30.0 Å². The molecule has 1 aromatic carbocycles. The molecule has 1 aromatic rings. The standard InChI is InChI=1S/C17H23NO5/c1-17(2,3)23-15(20)11-14(9-10-19)18-16(21)22-12-13-7-5-4-6-8-13/h4-8,10,14H,9,11-12H2,1-3H3,(H,18,21)/t14-/m1/s1. The summed E-state index contributed by atoms with van der Waals surface area (Å²) in [6.45, 7) is 5.37. The summed E-state index contributed by atoms with van der Waals surface area (Å²) in [7, 11) is 0. The molecule has 0 aliphatic carbocycles. The lowest BCUT2D eigenvalue weighted by molar-refractivity contribution is -0.155. The van der Waals surface area contributed by atoms with Gasteiger partial charge in [0.05, 0.1) is 6.42 Å². The first-order valence-corrected chi connectivity index (χ1v) is 7.43. The molecule has 0 aliphatic heterocycles. The minimum atomic E-state index is -0.677. The maximum absolute atomic E-state index is 11.8. The summed E-state index contributed by atoms with van der Waals surface area (Å²) in [5.41, 5.74) is 0.234. The van der Waals surface area contributed by atoms with E-state index in [0.29, 0.717) is 6.29 Å². The van der Waals surface area contributed by atoms with Gasteiger partial charge in [0, 0.05) is 12.5 Å². The summed E-state index contributed by atoms with van der Waals surface area (Å²) in [6, 6.07) is 8.56. The Morgan fingerprint density at radius 1 is 1.22 bits per heavy atom. The van der Waals surface area contributed by atoms with Gasteiger partial charge >= 0.3 is 12.1 Å². The number of benzene rings is 1. The van der Waals surface area contributed by atoms with Crippen molar-refractivity contribution in [1.82, 2.24) is 5.32 Å². The molecule has 0 heterocycles. The zero-order valence-corrected chi connectivity index (χ0v) is 13.7. The van der Waals surface area contributed by atoms with Gasteiger partial charge in [-0.25, -0.2) is 4.79 Å². The lowest BCUT2D eigenvalue weighted by Crippen LogP contribution is -2.38. The van der Waals surface area contributed by atoms with Crippen LogP contribution in [0.5, 0.6) is 0 Å². The van der Waals surface area contributed by atoms with Crippen molar-refractivity contribution in [3.05, 3.63) is 35.9 Å². The molecule has 0 radical (unpaired) electrons. The van der Waals surface area contributed by atoms with Gasteiger partial charge in [-0.15, -0.1) is 0 Å². The molecule has 6 heteroatoms. The van der Waals surface area contributed by atoms with Crippen LogP contribution in [0.3, 0.4) is 0 Å². The molecule has 0 bridgehead atoms. The normalized spacial score (nSPS) is 12.1. The molecular formula is C17H23NO5. The number of rotatable bonds is 7. The van der Waals surface area contributed by atoms with Gasteiger partial charge in [-0.3, -0.25) is 4.79 Å². The van der Waals surface area contributed by atoms with E-state index in [2.05, 4.69) is 5.32 Å². The van der Waals surface area contributed by atoms with Crippen molar-refractivity contribution in [1.29, 1.82) is 0 Å². The van der Waals surface area contributed by atoms with Gasteiger partial charge < -0.3 is 19.6 Å². The maximum atomic E-state index is 11.8. The minimum Gasteiger partial charge on any atom is -0.460 e. The fraction of sp³-hybridized carbons (Fsp3) is 0.471. The fourth-order valence-electron chi connectivity index (χ4n) is 1.83. The predicted molar refractivity (Wildman–Crippen MR) is 84.7 cm³/mol. The molecule has 1 rings (SSSR count). The molecule has 0 aromatic heterocycles. The highest BCUT2D eigenvalue weighted by Gasteiger charge is 2.22. The number of hydrogen-bond donors (Lipinski definition) is 1. The Morgan fingerprint density at radius 3 is 2.43 bits per heavy atom. The molecule has 1 atom stereocenters. The molecule has 6 nitrogen and oxygen atoms in total. The van der Waals surface area contributed by atoms with Gasteiger partial charge in [0.1, 0.15) is 18.5 Å². The highest BCUT2D eigenvalue weighted by molar-refractivity contribution is 5.74. The third kappa shape index (κ3) is 8.60. The minimum absolute atomic E-state index is 0.0136. The summed E-state index contributed by atoms with van der Waals surface area (Å²) >= 11 is 0. The number of amides is 1. The van der Waals surface area contributed by atoms with Crippen LogP contribution in [-0.2, 0) is 25.7 Å². The predicted octanol–water partition coefficient (Wildman–Crippen LogP) is 2.60. The third-order valence-electron chi connectivity index (χ3n) is 2.75. The quantitative estimate of drug-likeness (QED) is 0.616. The van der Waals surface area contributed by atoms with Crippen molar-refractivity contribution in [2.24, 2.45) is 0 Å². The van der Waals surface area contributed by atoms with E-state index in [0.717, 1.165) is 5.56 Å². The first kappa shape index (κ1) is 18.7. The van der Waals surface area contributed by atoms with Crippen LogP contribution in [0.25, 0.3) is 0 Å². The number of hydrogen-bond acceptors (Lipinski definition) is 5. The molecule has 0 aliphatic rings. The summed E-state index contributed by atoms with van der Waals surface area (Å²) in [6.07, 6.45) is -0.105. The topological polar surface area (TPSA) is 81.7 Å². The monoisotopic (exact) mass is 321 g/mol. The van der Waals surface area contributed by atoms with Crippen molar-refractivity contribution < 1.29 is 23.9 Å². The SMILES string of the molecule is CC(C)(C)OC(=O)C[C@@H](CC=O)NC(=O)OCc1ccccc1. The van der Waals surface area contributed by atoms with Crippen LogP contribution < -0.4 is 5.32 Å². The number of nitrogens with one attached hydrogen (secondary N) is 1. The van der Waals surface area contributed by atoms with E-state index in [4.69, 9.17) is 9.47 Å². The molecule has 1 N–H and O–H groups in total. The van der Waals surface area contributed by atoms with Gasteiger partial charge in [-0.1, -0.05) is 30.3 Å². The number of carbonyl (C=O) groups is 3. The molecule has 23 heavy (non-hydrogen) atoms. The highest BCUT2D eigenvalue weighted by atomic mass is 16.6. The first-order valence-electron chi connectivity index (χ1n) is 7.43. The van der Waals surface area contributed by atoms with Crippen LogP contribution in [0, 0.1) is 0 Å². The van der Waals surface area contributed by atoms with Crippen LogP contribution in [0.4, 0.5) is 4.79 Å². The average Bonchev–Trinajstić information content (AvgIpc) is 2.44. The van der Waals surface area contributed by atoms with Gasteiger partial charge in [-0.05, 0) is 26.3 Å². The highest BCUT2D eigenvalue weighted by Crippen LogP contribution is 2.10. The molecule has 0 saturated carbocycles. The Bertz CT molecular complexity index is 522.